The van der Waals surface area contributed by atoms with Crippen LogP contribution in [0.5, 0.6) is 0 Å². The Morgan fingerprint density at radius 3 is 2.86 bits per heavy atom. The highest BCUT2D eigenvalue weighted by Crippen LogP contribution is 2.42. The molecule has 3 aliphatic rings. The predicted molar refractivity (Wildman–Crippen MR) is 89.4 cm³/mol. The number of benzene rings is 1. The highest BCUT2D eigenvalue weighted by Gasteiger charge is 2.35. The Hall–Kier alpha value is -1.22. The van der Waals surface area contributed by atoms with Gasteiger partial charge in [-0.2, -0.15) is 0 Å². The van der Waals surface area contributed by atoms with Gasteiger partial charge < -0.3 is 15.1 Å². The minimum Gasteiger partial charge on any atom is -0.368 e. The van der Waals surface area contributed by atoms with Gasteiger partial charge in [-0.3, -0.25) is 0 Å². The molecule has 1 atom stereocenters. The van der Waals surface area contributed by atoms with Gasteiger partial charge in [-0.15, -0.1) is 0 Å². The second kappa shape index (κ2) is 5.53. The maximum absolute atomic E-state index is 3.56. The average Bonchev–Trinajstić information content (AvgIpc) is 3.34. The average molecular weight is 285 g/mol. The largest absolute Gasteiger partial charge is 0.368 e. The van der Waals surface area contributed by atoms with Crippen LogP contribution in [0.25, 0.3) is 0 Å². The highest BCUT2D eigenvalue weighted by molar-refractivity contribution is 5.77. The Balaban J connectivity index is 1.58. The van der Waals surface area contributed by atoms with Crippen molar-refractivity contribution < 1.29 is 0 Å². The maximum Gasteiger partial charge on any atom is 0.0636 e. The Morgan fingerprint density at radius 1 is 1.19 bits per heavy atom. The molecule has 3 heteroatoms. The number of para-hydroxylation sites is 1. The smallest absolute Gasteiger partial charge is 0.0636 e. The van der Waals surface area contributed by atoms with Crippen molar-refractivity contribution in [3.63, 3.8) is 0 Å². The van der Waals surface area contributed by atoms with E-state index in [9.17, 15) is 0 Å². The van der Waals surface area contributed by atoms with Gasteiger partial charge >= 0.3 is 0 Å². The fraction of sp³-hybridized carbons (Fsp3) is 0.667. The van der Waals surface area contributed by atoms with E-state index in [4.69, 9.17) is 0 Å². The van der Waals surface area contributed by atoms with Gasteiger partial charge in [-0.05, 0) is 63.2 Å². The van der Waals surface area contributed by atoms with Gasteiger partial charge in [0.15, 0.2) is 0 Å². The van der Waals surface area contributed by atoms with Crippen LogP contribution in [0.3, 0.4) is 0 Å². The third-order valence-corrected chi connectivity index (χ3v) is 5.32. The molecular weight excluding hydrogens is 258 g/mol. The van der Waals surface area contributed by atoms with Crippen LogP contribution in [0.4, 0.5) is 11.4 Å². The van der Waals surface area contributed by atoms with Crippen LogP contribution < -0.4 is 15.1 Å². The van der Waals surface area contributed by atoms with E-state index in [2.05, 4.69) is 40.2 Å². The van der Waals surface area contributed by atoms with Crippen LogP contribution in [0.2, 0.25) is 0 Å². The molecule has 2 heterocycles. The summed E-state index contributed by atoms with van der Waals surface area (Å²) in [4.78, 5) is 5.33. The van der Waals surface area contributed by atoms with Gasteiger partial charge in [-0.25, -0.2) is 0 Å². The van der Waals surface area contributed by atoms with Gasteiger partial charge in [0.05, 0.1) is 11.4 Å². The van der Waals surface area contributed by atoms with Crippen molar-refractivity contribution in [3.05, 3.63) is 23.8 Å². The third-order valence-electron chi connectivity index (χ3n) is 5.32. The molecule has 1 saturated carbocycles. The van der Waals surface area contributed by atoms with Crippen LogP contribution >= 0.6 is 0 Å². The zero-order valence-electron chi connectivity index (χ0n) is 13.1. The first kappa shape index (κ1) is 13.4. The van der Waals surface area contributed by atoms with Crippen LogP contribution in [-0.2, 0) is 0 Å². The summed E-state index contributed by atoms with van der Waals surface area (Å²) in [5, 5.41) is 3.56. The van der Waals surface area contributed by atoms with Gasteiger partial charge in [0.25, 0.3) is 0 Å². The fourth-order valence-corrected chi connectivity index (χ4v) is 4.07. The van der Waals surface area contributed by atoms with E-state index in [0.717, 1.165) is 12.0 Å². The van der Waals surface area contributed by atoms with E-state index < -0.39 is 0 Å². The molecule has 2 aliphatic heterocycles. The lowest BCUT2D eigenvalue weighted by molar-refractivity contribution is 0.376. The molecule has 3 nitrogen and oxygen atoms in total. The Bertz CT molecular complexity index is 503. The summed E-state index contributed by atoms with van der Waals surface area (Å²) in [7, 11) is 0. The number of hydrogen-bond acceptors (Lipinski definition) is 3. The van der Waals surface area contributed by atoms with Crippen molar-refractivity contribution in [1.82, 2.24) is 5.32 Å². The van der Waals surface area contributed by atoms with Gasteiger partial charge in [-0.1, -0.05) is 12.1 Å². The van der Waals surface area contributed by atoms with Crippen LogP contribution in [0.1, 0.15) is 31.2 Å². The molecule has 1 aromatic rings. The fourth-order valence-electron chi connectivity index (χ4n) is 4.07. The molecule has 1 unspecified atom stereocenters. The molecule has 0 aromatic heterocycles. The lowest BCUT2D eigenvalue weighted by Crippen LogP contribution is -2.46. The summed E-state index contributed by atoms with van der Waals surface area (Å²) in [5.41, 5.74) is 4.46. The topological polar surface area (TPSA) is 18.5 Å². The first-order valence-corrected chi connectivity index (χ1v) is 8.65. The SMILES string of the molecule is Cc1cccc2c1N(C1CC1)CCN2CC1CCCNC1. The summed E-state index contributed by atoms with van der Waals surface area (Å²) < 4.78 is 0. The summed E-state index contributed by atoms with van der Waals surface area (Å²) in [6.45, 7) is 8.32. The first-order chi connectivity index (χ1) is 10.3. The van der Waals surface area contributed by atoms with E-state index >= 15 is 0 Å². The van der Waals surface area contributed by atoms with Gasteiger partial charge in [0.1, 0.15) is 0 Å². The van der Waals surface area contributed by atoms with Crippen molar-refractivity contribution in [1.29, 1.82) is 0 Å². The van der Waals surface area contributed by atoms with E-state index in [-0.39, 0.29) is 0 Å². The number of hydrogen-bond donors (Lipinski definition) is 1. The zero-order chi connectivity index (χ0) is 14.2. The molecule has 0 bridgehead atoms. The first-order valence-electron chi connectivity index (χ1n) is 8.65. The van der Waals surface area contributed by atoms with E-state index in [0.29, 0.717) is 0 Å². The molecule has 2 fully saturated rings. The standard InChI is InChI=1S/C18H27N3/c1-14-4-2-6-17-18(14)21(16-7-8-16)11-10-20(17)13-15-5-3-9-19-12-15/h2,4,6,15-16,19H,3,5,7-13H2,1H3. The second-order valence-corrected chi connectivity index (χ2v) is 7.03. The Labute approximate surface area is 128 Å². The minimum absolute atomic E-state index is 0.819. The third kappa shape index (κ3) is 2.64. The van der Waals surface area contributed by atoms with E-state index in [1.807, 2.05) is 0 Å². The Kier molecular flexibility index (Phi) is 3.54. The molecule has 0 amide bonds. The Morgan fingerprint density at radius 2 is 2.10 bits per heavy atom. The number of nitrogens with zero attached hydrogens (tertiary/aromatic N) is 2. The van der Waals surface area contributed by atoms with Crippen molar-refractivity contribution >= 4 is 11.4 Å². The number of anilines is 2. The molecule has 1 N–H and O–H groups in total. The van der Waals surface area contributed by atoms with E-state index in [1.54, 1.807) is 0 Å². The summed E-state index contributed by atoms with van der Waals surface area (Å²) in [5.74, 6) is 0.819. The summed E-state index contributed by atoms with van der Waals surface area (Å²) >= 11 is 0. The van der Waals surface area contributed by atoms with Crippen molar-refractivity contribution in [3.8, 4) is 0 Å². The zero-order valence-corrected chi connectivity index (χ0v) is 13.1. The monoisotopic (exact) mass is 285 g/mol. The molecule has 1 aromatic carbocycles. The number of fused-ring (bicyclic) bond motifs is 1. The van der Waals surface area contributed by atoms with Crippen molar-refractivity contribution in [2.45, 2.75) is 38.6 Å². The molecule has 0 radical (unpaired) electrons. The summed E-state index contributed by atoms with van der Waals surface area (Å²) in [6, 6.07) is 7.67. The van der Waals surface area contributed by atoms with Crippen molar-refractivity contribution in [2.75, 3.05) is 42.5 Å². The quantitative estimate of drug-likeness (QED) is 0.921. The number of rotatable bonds is 3. The number of aryl methyl sites for hydroxylation is 1. The summed E-state index contributed by atoms with van der Waals surface area (Å²) in [6.07, 6.45) is 5.50. The van der Waals surface area contributed by atoms with Crippen LogP contribution in [0, 0.1) is 12.8 Å². The van der Waals surface area contributed by atoms with E-state index in [1.165, 1.54) is 75.3 Å². The van der Waals surface area contributed by atoms with Gasteiger partial charge in [0.2, 0.25) is 0 Å². The lowest BCUT2D eigenvalue weighted by atomic mass is 9.97. The number of piperidine rings is 1. The molecular formula is C18H27N3. The molecule has 114 valence electrons. The molecule has 21 heavy (non-hydrogen) atoms. The minimum atomic E-state index is 0.819. The molecule has 0 spiro atoms. The lowest BCUT2D eigenvalue weighted by Gasteiger charge is -2.42. The van der Waals surface area contributed by atoms with Crippen LogP contribution in [0.15, 0.2) is 18.2 Å². The molecule has 4 rings (SSSR count). The van der Waals surface area contributed by atoms with Crippen LogP contribution in [-0.4, -0.2) is 38.8 Å². The number of nitrogens with one attached hydrogen (secondary N) is 1. The van der Waals surface area contributed by atoms with Crippen molar-refractivity contribution in [2.24, 2.45) is 5.92 Å². The second-order valence-electron chi connectivity index (χ2n) is 7.03. The molecule has 1 saturated heterocycles. The highest BCUT2D eigenvalue weighted by atomic mass is 15.3. The maximum atomic E-state index is 3.56. The predicted octanol–water partition coefficient (Wildman–Crippen LogP) is 2.78. The van der Waals surface area contributed by atoms with Gasteiger partial charge in [0, 0.05) is 25.7 Å². The molecule has 1 aliphatic carbocycles. The normalized spacial score (nSPS) is 25.9.